The fourth-order valence-corrected chi connectivity index (χ4v) is 0.949. The average Bonchev–Trinajstić information content (AvgIpc) is 1.80. The van der Waals surface area contributed by atoms with Crippen molar-refractivity contribution < 1.29 is 0 Å². The molecular formula is C8H11B. The molecule has 1 aliphatic carbocycles. The summed E-state index contributed by atoms with van der Waals surface area (Å²) in [6.45, 7) is 4.38. The van der Waals surface area contributed by atoms with Crippen LogP contribution in [0, 0.1) is 11.8 Å². The lowest BCUT2D eigenvalue weighted by Gasteiger charge is -2.17. The lowest BCUT2D eigenvalue weighted by Crippen LogP contribution is -2.06. The van der Waals surface area contributed by atoms with Gasteiger partial charge in [0.25, 0.3) is 0 Å². The molecule has 0 nitrogen and oxygen atoms in total. The van der Waals surface area contributed by atoms with Gasteiger partial charge < -0.3 is 0 Å². The first-order valence-electron chi connectivity index (χ1n) is 3.35. The minimum atomic E-state index is 0.606. The summed E-state index contributed by atoms with van der Waals surface area (Å²) >= 11 is 0. The van der Waals surface area contributed by atoms with Crippen LogP contribution < -0.4 is 0 Å². The zero-order chi connectivity index (χ0) is 6.85. The summed E-state index contributed by atoms with van der Waals surface area (Å²) in [7, 11) is 5.56. The Labute approximate surface area is 58.1 Å². The first-order valence-corrected chi connectivity index (χ1v) is 3.35. The first-order chi connectivity index (χ1) is 4.20. The van der Waals surface area contributed by atoms with Crippen LogP contribution in [0.5, 0.6) is 0 Å². The molecule has 0 aliphatic heterocycles. The fraction of sp³-hybridized carbons (Fsp3) is 0.500. The maximum Gasteiger partial charge on any atom is 0.113 e. The van der Waals surface area contributed by atoms with E-state index >= 15 is 0 Å². The zero-order valence-corrected chi connectivity index (χ0v) is 5.96. The number of hydrogen-bond acceptors (Lipinski definition) is 0. The Bertz CT molecular complexity index is 156. The molecule has 2 atom stereocenters. The van der Waals surface area contributed by atoms with Gasteiger partial charge in [0.15, 0.2) is 0 Å². The molecule has 0 saturated carbocycles. The lowest BCUT2D eigenvalue weighted by atomic mass is 9.82. The van der Waals surface area contributed by atoms with E-state index in [4.69, 9.17) is 7.85 Å². The second-order valence-corrected chi connectivity index (χ2v) is 2.74. The van der Waals surface area contributed by atoms with Crippen molar-refractivity contribution in [3.05, 3.63) is 23.7 Å². The summed E-state index contributed by atoms with van der Waals surface area (Å²) in [5, 5.41) is 0. The summed E-state index contributed by atoms with van der Waals surface area (Å²) < 4.78 is 0. The van der Waals surface area contributed by atoms with Crippen LogP contribution in [0.15, 0.2) is 23.7 Å². The highest BCUT2D eigenvalue weighted by atomic mass is 14.1. The third kappa shape index (κ3) is 1.47. The Morgan fingerprint density at radius 3 is 2.44 bits per heavy atom. The third-order valence-corrected chi connectivity index (χ3v) is 1.88. The Balaban J connectivity index is 2.70. The number of hydrogen-bond donors (Lipinski definition) is 0. The van der Waals surface area contributed by atoms with Gasteiger partial charge in [-0.1, -0.05) is 32.1 Å². The summed E-state index contributed by atoms with van der Waals surface area (Å²) in [6, 6.07) is 0. The fourth-order valence-electron chi connectivity index (χ4n) is 0.949. The highest BCUT2D eigenvalue weighted by Crippen LogP contribution is 2.19. The maximum atomic E-state index is 5.56. The second kappa shape index (κ2) is 2.42. The van der Waals surface area contributed by atoms with Crippen LogP contribution in [-0.2, 0) is 0 Å². The van der Waals surface area contributed by atoms with Crippen molar-refractivity contribution >= 4 is 7.85 Å². The topological polar surface area (TPSA) is 0 Å². The predicted octanol–water partition coefficient (Wildman–Crippen LogP) is 1.88. The molecule has 0 saturated heterocycles. The van der Waals surface area contributed by atoms with Crippen LogP contribution in [-0.4, -0.2) is 7.85 Å². The van der Waals surface area contributed by atoms with E-state index in [2.05, 4.69) is 26.0 Å². The molecule has 46 valence electrons. The largest absolute Gasteiger partial charge is 0.113 e. The van der Waals surface area contributed by atoms with Gasteiger partial charge in [0.1, 0.15) is 7.85 Å². The molecule has 2 radical (unpaired) electrons. The van der Waals surface area contributed by atoms with Crippen molar-refractivity contribution in [1.29, 1.82) is 0 Å². The Morgan fingerprint density at radius 1 is 1.33 bits per heavy atom. The first kappa shape index (κ1) is 6.66. The third-order valence-electron chi connectivity index (χ3n) is 1.88. The minimum absolute atomic E-state index is 0.606. The molecule has 1 aliphatic rings. The van der Waals surface area contributed by atoms with Crippen molar-refractivity contribution in [2.45, 2.75) is 13.8 Å². The van der Waals surface area contributed by atoms with E-state index in [1.165, 1.54) is 0 Å². The molecule has 0 heterocycles. The maximum absolute atomic E-state index is 5.56. The van der Waals surface area contributed by atoms with Crippen molar-refractivity contribution in [2.24, 2.45) is 11.8 Å². The highest BCUT2D eigenvalue weighted by Gasteiger charge is 2.08. The smallest absolute Gasteiger partial charge is 0.101 e. The molecular weight excluding hydrogens is 107 g/mol. The Hall–Kier alpha value is -0.455. The predicted molar refractivity (Wildman–Crippen MR) is 41.3 cm³/mol. The van der Waals surface area contributed by atoms with Gasteiger partial charge in [-0.2, -0.15) is 0 Å². The average molecular weight is 118 g/mol. The Morgan fingerprint density at radius 2 is 2.00 bits per heavy atom. The van der Waals surface area contributed by atoms with Gasteiger partial charge >= 0.3 is 0 Å². The molecule has 0 fully saturated rings. The van der Waals surface area contributed by atoms with E-state index in [1.54, 1.807) is 0 Å². The van der Waals surface area contributed by atoms with Gasteiger partial charge in [0.05, 0.1) is 0 Å². The van der Waals surface area contributed by atoms with Crippen LogP contribution in [0.4, 0.5) is 0 Å². The van der Waals surface area contributed by atoms with Gasteiger partial charge in [0, 0.05) is 0 Å². The molecule has 1 rings (SSSR count). The van der Waals surface area contributed by atoms with Crippen molar-refractivity contribution in [3.8, 4) is 0 Å². The molecule has 1 heteroatoms. The lowest BCUT2D eigenvalue weighted by molar-refractivity contribution is 0.551. The summed E-state index contributed by atoms with van der Waals surface area (Å²) in [5.74, 6) is 1.26. The van der Waals surface area contributed by atoms with Crippen LogP contribution in [0.25, 0.3) is 0 Å². The number of rotatable bonds is 0. The standard InChI is InChI=1S/C8H11B/c1-6-3-4-8(9)5-7(6)2/h3-7H,1-2H3. The summed E-state index contributed by atoms with van der Waals surface area (Å²) in [4.78, 5) is 0. The van der Waals surface area contributed by atoms with E-state index in [0.717, 1.165) is 5.47 Å². The molecule has 0 spiro atoms. The van der Waals surface area contributed by atoms with E-state index < -0.39 is 0 Å². The van der Waals surface area contributed by atoms with E-state index in [0.29, 0.717) is 11.8 Å². The van der Waals surface area contributed by atoms with Gasteiger partial charge in [-0.25, -0.2) is 0 Å². The molecule has 9 heavy (non-hydrogen) atoms. The van der Waals surface area contributed by atoms with Crippen LogP contribution in [0.1, 0.15) is 13.8 Å². The molecule has 0 bridgehead atoms. The molecule has 2 unspecified atom stereocenters. The normalized spacial score (nSPS) is 34.2. The molecule has 0 N–H and O–H groups in total. The van der Waals surface area contributed by atoms with E-state index in [9.17, 15) is 0 Å². The number of allylic oxidation sites excluding steroid dienone is 4. The van der Waals surface area contributed by atoms with Crippen LogP contribution in [0.3, 0.4) is 0 Å². The molecule has 0 aromatic heterocycles. The van der Waals surface area contributed by atoms with Crippen LogP contribution >= 0.6 is 0 Å². The molecule has 0 aromatic rings. The van der Waals surface area contributed by atoms with Crippen LogP contribution in [0.2, 0.25) is 0 Å². The Kier molecular flexibility index (Phi) is 1.79. The van der Waals surface area contributed by atoms with Gasteiger partial charge in [0.2, 0.25) is 0 Å². The highest BCUT2D eigenvalue weighted by molar-refractivity contribution is 6.23. The molecule has 0 amide bonds. The van der Waals surface area contributed by atoms with Gasteiger partial charge in [-0.15, -0.1) is 5.47 Å². The van der Waals surface area contributed by atoms with Gasteiger partial charge in [-0.3, -0.25) is 0 Å². The SMILES string of the molecule is [B]C1=CC(C)C(C)C=C1. The van der Waals surface area contributed by atoms with E-state index in [1.807, 2.05) is 6.08 Å². The quantitative estimate of drug-likeness (QED) is 0.426. The summed E-state index contributed by atoms with van der Waals surface area (Å²) in [5.41, 5.74) is 0.903. The van der Waals surface area contributed by atoms with Gasteiger partial charge in [-0.05, 0) is 11.8 Å². The minimum Gasteiger partial charge on any atom is -0.101 e. The van der Waals surface area contributed by atoms with Crippen molar-refractivity contribution in [2.75, 3.05) is 0 Å². The summed E-state index contributed by atoms with van der Waals surface area (Å²) in [6.07, 6.45) is 6.23. The van der Waals surface area contributed by atoms with E-state index in [-0.39, 0.29) is 0 Å². The monoisotopic (exact) mass is 118 g/mol. The second-order valence-electron chi connectivity index (χ2n) is 2.74. The zero-order valence-electron chi connectivity index (χ0n) is 5.96. The molecule has 0 aromatic carbocycles. The van der Waals surface area contributed by atoms with Crippen molar-refractivity contribution in [1.82, 2.24) is 0 Å². The van der Waals surface area contributed by atoms with Crippen molar-refractivity contribution in [3.63, 3.8) is 0 Å².